The second-order valence-corrected chi connectivity index (χ2v) is 7.14. The molecule has 0 aliphatic carbocycles. The fourth-order valence-electron chi connectivity index (χ4n) is 3.39. The molecule has 0 spiro atoms. The third-order valence-corrected chi connectivity index (χ3v) is 4.97. The van der Waals surface area contributed by atoms with Crippen LogP contribution in [0.15, 0.2) is 35.3 Å². The van der Waals surface area contributed by atoms with E-state index >= 15 is 0 Å². The van der Waals surface area contributed by atoms with Crippen LogP contribution in [0.5, 0.6) is 0 Å². The van der Waals surface area contributed by atoms with Gasteiger partial charge in [-0.3, -0.25) is 4.99 Å². The molecule has 0 saturated carbocycles. The van der Waals surface area contributed by atoms with Crippen molar-refractivity contribution >= 4 is 5.96 Å². The van der Waals surface area contributed by atoms with Crippen molar-refractivity contribution in [2.24, 2.45) is 4.99 Å². The summed E-state index contributed by atoms with van der Waals surface area (Å²) >= 11 is 0. The summed E-state index contributed by atoms with van der Waals surface area (Å²) in [5.41, 5.74) is 1.26. The molecule has 1 heterocycles. The molecule has 27 heavy (non-hydrogen) atoms. The first-order valence-corrected chi connectivity index (χ1v) is 10.1. The van der Waals surface area contributed by atoms with E-state index in [0.717, 1.165) is 64.7 Å². The molecular formula is C21H36N4O2. The first kappa shape index (κ1) is 21.7. The molecule has 152 valence electrons. The predicted octanol–water partition coefficient (Wildman–Crippen LogP) is 2.48. The normalized spacial score (nSPS) is 18.1. The molecule has 1 fully saturated rings. The average Bonchev–Trinajstić information content (AvgIpc) is 2.70. The summed E-state index contributed by atoms with van der Waals surface area (Å²) in [7, 11) is 1.73. The molecule has 0 bridgehead atoms. The van der Waals surface area contributed by atoms with Crippen molar-refractivity contribution in [3.8, 4) is 0 Å². The van der Waals surface area contributed by atoms with E-state index in [0.29, 0.717) is 0 Å². The van der Waals surface area contributed by atoms with Crippen LogP contribution in [0, 0.1) is 0 Å². The van der Waals surface area contributed by atoms with Gasteiger partial charge in [0.2, 0.25) is 0 Å². The molecule has 1 aliphatic heterocycles. The third-order valence-electron chi connectivity index (χ3n) is 4.97. The van der Waals surface area contributed by atoms with E-state index in [-0.39, 0.29) is 11.6 Å². The Kier molecular flexibility index (Phi) is 9.59. The Hall–Kier alpha value is -1.63. The van der Waals surface area contributed by atoms with Crippen LogP contribution >= 0.6 is 0 Å². The van der Waals surface area contributed by atoms with Crippen molar-refractivity contribution in [1.29, 1.82) is 0 Å². The van der Waals surface area contributed by atoms with E-state index in [1.54, 1.807) is 7.11 Å². The van der Waals surface area contributed by atoms with Gasteiger partial charge in [0.1, 0.15) is 0 Å². The van der Waals surface area contributed by atoms with Crippen molar-refractivity contribution < 1.29 is 9.47 Å². The van der Waals surface area contributed by atoms with Gasteiger partial charge in [-0.15, -0.1) is 0 Å². The Balaban J connectivity index is 2.02. The van der Waals surface area contributed by atoms with Gasteiger partial charge >= 0.3 is 0 Å². The van der Waals surface area contributed by atoms with Gasteiger partial charge in [-0.1, -0.05) is 30.3 Å². The number of hydrogen-bond donors (Lipinski definition) is 3. The number of nitrogens with zero attached hydrogens (tertiary/aromatic N) is 1. The van der Waals surface area contributed by atoms with Crippen LogP contribution in [0.3, 0.4) is 0 Å². The maximum Gasteiger partial charge on any atom is 0.191 e. The number of aliphatic imine (C=N–C) groups is 1. The van der Waals surface area contributed by atoms with Crippen molar-refractivity contribution in [3.05, 3.63) is 35.9 Å². The van der Waals surface area contributed by atoms with Gasteiger partial charge in [-0.25, -0.2) is 0 Å². The van der Waals surface area contributed by atoms with Crippen LogP contribution in [0.4, 0.5) is 0 Å². The summed E-state index contributed by atoms with van der Waals surface area (Å²) in [6.45, 7) is 9.06. The number of rotatable bonds is 10. The van der Waals surface area contributed by atoms with Crippen molar-refractivity contribution in [2.45, 2.75) is 44.7 Å². The average molecular weight is 377 g/mol. The quantitative estimate of drug-likeness (QED) is 0.333. The molecule has 1 saturated heterocycles. The molecule has 1 unspecified atom stereocenters. The van der Waals surface area contributed by atoms with Crippen LogP contribution in [0.2, 0.25) is 0 Å². The molecule has 1 atom stereocenters. The van der Waals surface area contributed by atoms with Crippen molar-refractivity contribution in [2.75, 3.05) is 46.6 Å². The van der Waals surface area contributed by atoms with E-state index in [1.807, 2.05) is 0 Å². The standard InChI is InChI=1S/C21H36N4O2/c1-4-22-20(23-13-8-14-26-3)24-17-21(11-15-27-16-12-21)25-18(2)19-9-6-5-7-10-19/h5-7,9-10,18,25H,4,8,11-17H2,1-3H3,(H2,22,23,24). The number of methoxy groups -OCH3 is 1. The lowest BCUT2D eigenvalue weighted by atomic mass is 9.88. The molecule has 1 aromatic carbocycles. The van der Waals surface area contributed by atoms with Crippen LogP contribution in [-0.4, -0.2) is 58.1 Å². The summed E-state index contributed by atoms with van der Waals surface area (Å²) in [5.74, 6) is 0.869. The van der Waals surface area contributed by atoms with Gasteiger partial charge in [0.15, 0.2) is 5.96 Å². The SMILES string of the molecule is CCNC(=NCC1(NC(C)c2ccccc2)CCOCC1)NCCCOC. The maximum atomic E-state index is 5.62. The minimum atomic E-state index is -0.0393. The molecule has 2 rings (SSSR count). The van der Waals surface area contributed by atoms with Crippen molar-refractivity contribution in [3.63, 3.8) is 0 Å². The maximum absolute atomic E-state index is 5.62. The second kappa shape index (κ2) is 12.0. The Morgan fingerprint density at radius 1 is 1.22 bits per heavy atom. The van der Waals surface area contributed by atoms with Crippen LogP contribution in [0.1, 0.15) is 44.7 Å². The van der Waals surface area contributed by atoms with E-state index in [9.17, 15) is 0 Å². The zero-order chi connectivity index (χ0) is 19.4. The summed E-state index contributed by atoms with van der Waals surface area (Å²) in [6, 6.07) is 10.9. The Morgan fingerprint density at radius 2 is 1.96 bits per heavy atom. The van der Waals surface area contributed by atoms with Gasteiger partial charge in [-0.05, 0) is 38.7 Å². The highest BCUT2D eigenvalue weighted by Crippen LogP contribution is 2.25. The molecule has 0 aromatic heterocycles. The van der Waals surface area contributed by atoms with Gasteiger partial charge in [0, 0.05) is 51.6 Å². The highest BCUT2D eigenvalue weighted by atomic mass is 16.5. The van der Waals surface area contributed by atoms with E-state index in [2.05, 4.69) is 60.1 Å². The summed E-state index contributed by atoms with van der Waals surface area (Å²) < 4.78 is 10.7. The number of nitrogens with one attached hydrogen (secondary N) is 3. The number of guanidine groups is 1. The van der Waals surface area contributed by atoms with Crippen molar-refractivity contribution in [1.82, 2.24) is 16.0 Å². The lowest BCUT2D eigenvalue weighted by Crippen LogP contribution is -2.53. The Morgan fingerprint density at radius 3 is 2.63 bits per heavy atom. The Labute approximate surface area is 164 Å². The van der Waals surface area contributed by atoms with Gasteiger partial charge < -0.3 is 25.4 Å². The second-order valence-electron chi connectivity index (χ2n) is 7.14. The van der Waals surface area contributed by atoms with Gasteiger partial charge in [0.05, 0.1) is 6.54 Å². The molecule has 3 N–H and O–H groups in total. The lowest BCUT2D eigenvalue weighted by Gasteiger charge is -2.39. The first-order chi connectivity index (χ1) is 13.2. The number of ether oxygens (including phenoxy) is 2. The lowest BCUT2D eigenvalue weighted by molar-refractivity contribution is 0.0374. The molecule has 0 radical (unpaired) electrons. The zero-order valence-corrected chi connectivity index (χ0v) is 17.1. The smallest absolute Gasteiger partial charge is 0.191 e. The summed E-state index contributed by atoms with van der Waals surface area (Å²) in [4.78, 5) is 4.89. The fourth-order valence-corrected chi connectivity index (χ4v) is 3.39. The predicted molar refractivity (Wildman–Crippen MR) is 111 cm³/mol. The van der Waals surface area contributed by atoms with Crippen LogP contribution in [0.25, 0.3) is 0 Å². The molecule has 6 heteroatoms. The molecule has 0 amide bonds. The number of benzene rings is 1. The minimum absolute atomic E-state index is 0.0393. The largest absolute Gasteiger partial charge is 0.385 e. The number of hydrogen-bond acceptors (Lipinski definition) is 4. The van der Waals surface area contributed by atoms with E-state index in [1.165, 1.54) is 5.56 Å². The molecule has 1 aliphatic rings. The Bertz CT molecular complexity index is 544. The van der Waals surface area contributed by atoms with Gasteiger partial charge in [-0.2, -0.15) is 0 Å². The topological polar surface area (TPSA) is 66.9 Å². The highest BCUT2D eigenvalue weighted by Gasteiger charge is 2.33. The van der Waals surface area contributed by atoms with E-state index < -0.39 is 0 Å². The highest BCUT2D eigenvalue weighted by molar-refractivity contribution is 5.79. The summed E-state index contributed by atoms with van der Waals surface area (Å²) in [6.07, 6.45) is 2.90. The van der Waals surface area contributed by atoms with Gasteiger partial charge in [0.25, 0.3) is 0 Å². The van der Waals surface area contributed by atoms with Crippen LogP contribution in [-0.2, 0) is 9.47 Å². The monoisotopic (exact) mass is 376 g/mol. The third kappa shape index (κ3) is 7.48. The summed E-state index contributed by atoms with van der Waals surface area (Å²) in [5, 5.41) is 10.6. The van der Waals surface area contributed by atoms with Crippen LogP contribution < -0.4 is 16.0 Å². The zero-order valence-electron chi connectivity index (χ0n) is 17.1. The minimum Gasteiger partial charge on any atom is -0.385 e. The fraction of sp³-hybridized carbons (Fsp3) is 0.667. The first-order valence-electron chi connectivity index (χ1n) is 10.1. The molecule has 6 nitrogen and oxygen atoms in total. The van der Waals surface area contributed by atoms with E-state index in [4.69, 9.17) is 14.5 Å². The molecule has 1 aromatic rings. The molecular weight excluding hydrogens is 340 g/mol.